The number of nitrogens with zero attached hydrogens (tertiary/aromatic N) is 1. The molecule has 0 unspecified atom stereocenters. The fourth-order valence-electron chi connectivity index (χ4n) is 0.735. The van der Waals surface area contributed by atoms with Crippen LogP contribution in [-0.2, 0) is 0 Å². The van der Waals surface area contributed by atoms with E-state index < -0.39 is 0 Å². The summed E-state index contributed by atoms with van der Waals surface area (Å²) < 4.78 is 12.6. The predicted octanol–water partition coefficient (Wildman–Crippen LogP) is 3.62. The van der Waals surface area contributed by atoms with Gasteiger partial charge in [-0.2, -0.15) is 0 Å². The topological polar surface area (TPSA) is 24.9 Å². The first kappa shape index (κ1) is 15.4. The molecule has 0 amide bonds. The van der Waals surface area contributed by atoms with Crippen molar-refractivity contribution in [2.45, 2.75) is 34.6 Å². The van der Waals surface area contributed by atoms with E-state index in [4.69, 9.17) is 0 Å². The Labute approximate surface area is 86.6 Å². The van der Waals surface area contributed by atoms with Crippen LogP contribution in [0.15, 0.2) is 12.3 Å². The van der Waals surface area contributed by atoms with Crippen molar-refractivity contribution in [1.82, 2.24) is 4.98 Å². The first-order valence-corrected chi connectivity index (χ1v) is 5.04. The minimum absolute atomic E-state index is 0.312. The van der Waals surface area contributed by atoms with Crippen LogP contribution in [0.1, 0.15) is 33.4 Å². The van der Waals surface area contributed by atoms with E-state index in [0.717, 1.165) is 5.69 Å². The molecule has 3 heteroatoms. The molecule has 0 aliphatic carbocycles. The first-order valence-electron chi connectivity index (χ1n) is 5.04. The minimum Gasteiger partial charge on any atom is -0.386 e. The van der Waals surface area contributed by atoms with Crippen molar-refractivity contribution in [3.05, 3.63) is 23.8 Å². The average Bonchev–Trinajstić information content (AvgIpc) is 2.27. The number of anilines is 1. The molecule has 0 fully saturated rings. The molecule has 0 aliphatic rings. The quantitative estimate of drug-likeness (QED) is 0.749. The summed E-state index contributed by atoms with van der Waals surface area (Å²) in [4.78, 5) is 3.77. The SMILES string of the molecule is CC.CC.CNc1cc(C)ncc1F. The van der Waals surface area contributed by atoms with E-state index >= 15 is 0 Å². The van der Waals surface area contributed by atoms with E-state index in [0.29, 0.717) is 5.69 Å². The Morgan fingerprint density at radius 3 is 2.07 bits per heavy atom. The molecule has 1 N–H and O–H groups in total. The lowest BCUT2D eigenvalue weighted by atomic mass is 10.3. The Morgan fingerprint density at radius 1 is 1.21 bits per heavy atom. The van der Waals surface area contributed by atoms with Crippen LogP contribution in [0.25, 0.3) is 0 Å². The van der Waals surface area contributed by atoms with E-state index in [1.54, 1.807) is 13.1 Å². The maximum Gasteiger partial charge on any atom is 0.164 e. The summed E-state index contributed by atoms with van der Waals surface area (Å²) in [6, 6.07) is 1.66. The maximum absolute atomic E-state index is 12.6. The van der Waals surface area contributed by atoms with Crippen molar-refractivity contribution in [3.63, 3.8) is 0 Å². The van der Waals surface area contributed by atoms with Gasteiger partial charge in [0.05, 0.1) is 11.9 Å². The zero-order valence-electron chi connectivity index (χ0n) is 9.98. The Morgan fingerprint density at radius 2 is 1.71 bits per heavy atom. The number of nitrogens with one attached hydrogen (secondary N) is 1. The van der Waals surface area contributed by atoms with Gasteiger partial charge in [-0.05, 0) is 13.0 Å². The molecule has 1 heterocycles. The van der Waals surface area contributed by atoms with Crippen molar-refractivity contribution < 1.29 is 4.39 Å². The summed E-state index contributed by atoms with van der Waals surface area (Å²) in [6.07, 6.45) is 1.21. The molecule has 0 aliphatic heterocycles. The summed E-state index contributed by atoms with van der Waals surface area (Å²) in [5.74, 6) is -0.312. The van der Waals surface area contributed by atoms with Crippen LogP contribution in [0.3, 0.4) is 0 Å². The summed E-state index contributed by atoms with van der Waals surface area (Å²) in [6.45, 7) is 9.82. The number of aromatic nitrogens is 1. The molecule has 14 heavy (non-hydrogen) atoms. The van der Waals surface area contributed by atoms with Crippen LogP contribution in [-0.4, -0.2) is 12.0 Å². The highest BCUT2D eigenvalue weighted by molar-refractivity contribution is 5.43. The molecule has 1 aromatic heterocycles. The van der Waals surface area contributed by atoms with E-state index in [1.165, 1.54) is 6.20 Å². The fraction of sp³-hybridized carbons (Fsp3) is 0.545. The monoisotopic (exact) mass is 200 g/mol. The second kappa shape index (κ2) is 9.96. The fourth-order valence-corrected chi connectivity index (χ4v) is 0.735. The predicted molar refractivity (Wildman–Crippen MR) is 61.2 cm³/mol. The van der Waals surface area contributed by atoms with Crippen molar-refractivity contribution in [1.29, 1.82) is 0 Å². The molecule has 0 saturated carbocycles. The van der Waals surface area contributed by atoms with Crippen LogP contribution in [0.5, 0.6) is 0 Å². The number of hydrogen-bond acceptors (Lipinski definition) is 2. The lowest BCUT2D eigenvalue weighted by molar-refractivity contribution is 0.624. The van der Waals surface area contributed by atoms with E-state index in [-0.39, 0.29) is 5.82 Å². The lowest BCUT2D eigenvalue weighted by Gasteiger charge is -2.00. The van der Waals surface area contributed by atoms with Gasteiger partial charge in [0.2, 0.25) is 0 Å². The van der Waals surface area contributed by atoms with Gasteiger partial charge < -0.3 is 5.32 Å². The van der Waals surface area contributed by atoms with Gasteiger partial charge >= 0.3 is 0 Å². The van der Waals surface area contributed by atoms with Gasteiger partial charge in [-0.3, -0.25) is 4.98 Å². The molecule has 0 radical (unpaired) electrons. The average molecular weight is 200 g/mol. The molecule has 82 valence electrons. The Balaban J connectivity index is 0. The molecule has 2 nitrogen and oxygen atoms in total. The van der Waals surface area contributed by atoms with E-state index in [2.05, 4.69) is 10.3 Å². The Kier molecular flexibility index (Phi) is 10.9. The smallest absolute Gasteiger partial charge is 0.164 e. The van der Waals surface area contributed by atoms with Gasteiger partial charge in [0, 0.05) is 12.7 Å². The van der Waals surface area contributed by atoms with Crippen molar-refractivity contribution in [3.8, 4) is 0 Å². The van der Waals surface area contributed by atoms with Crippen LogP contribution in [0, 0.1) is 12.7 Å². The zero-order chi connectivity index (χ0) is 11.6. The molecular weight excluding hydrogens is 179 g/mol. The third-order valence-corrected chi connectivity index (χ3v) is 1.26. The number of pyridine rings is 1. The second-order valence-electron chi connectivity index (χ2n) is 2.06. The molecule has 0 aromatic carbocycles. The van der Waals surface area contributed by atoms with Crippen molar-refractivity contribution in [2.75, 3.05) is 12.4 Å². The highest BCUT2D eigenvalue weighted by atomic mass is 19.1. The molecule has 1 aromatic rings. The van der Waals surface area contributed by atoms with Gasteiger partial charge in [-0.15, -0.1) is 0 Å². The van der Waals surface area contributed by atoms with Gasteiger partial charge in [0.25, 0.3) is 0 Å². The summed E-state index contributed by atoms with van der Waals surface area (Å²) in [5, 5.41) is 2.72. The minimum atomic E-state index is -0.312. The van der Waals surface area contributed by atoms with Crippen molar-refractivity contribution >= 4 is 5.69 Å². The van der Waals surface area contributed by atoms with Crippen LogP contribution in [0.4, 0.5) is 10.1 Å². The summed E-state index contributed by atoms with van der Waals surface area (Å²) in [5.41, 5.74) is 1.30. The van der Waals surface area contributed by atoms with Gasteiger partial charge in [-0.1, -0.05) is 27.7 Å². The third kappa shape index (κ3) is 5.51. The van der Waals surface area contributed by atoms with Crippen molar-refractivity contribution in [2.24, 2.45) is 0 Å². The summed E-state index contributed by atoms with van der Waals surface area (Å²) in [7, 11) is 1.68. The largest absolute Gasteiger partial charge is 0.386 e. The normalized spacial score (nSPS) is 7.64. The number of aryl methyl sites for hydroxylation is 1. The Hall–Kier alpha value is -1.12. The Bertz CT molecular complexity index is 237. The molecule has 1 rings (SSSR count). The molecule has 0 saturated heterocycles. The second-order valence-corrected chi connectivity index (χ2v) is 2.06. The summed E-state index contributed by atoms with van der Waals surface area (Å²) >= 11 is 0. The number of hydrogen-bond donors (Lipinski definition) is 1. The highest BCUT2D eigenvalue weighted by Gasteiger charge is 1.98. The molecule has 0 atom stereocenters. The lowest BCUT2D eigenvalue weighted by Crippen LogP contribution is -1.94. The van der Waals surface area contributed by atoms with Crippen LogP contribution < -0.4 is 5.32 Å². The first-order chi connectivity index (χ1) is 6.74. The molecular formula is C11H21FN2. The standard InChI is InChI=1S/C7H9FN2.2C2H6/c1-5-3-7(9-2)6(8)4-10-5;2*1-2/h3-4H,1-2H3,(H,9,10);2*1-2H3. The zero-order valence-corrected chi connectivity index (χ0v) is 9.98. The van der Waals surface area contributed by atoms with Gasteiger partial charge in [-0.25, -0.2) is 4.39 Å². The molecule has 0 spiro atoms. The van der Waals surface area contributed by atoms with Gasteiger partial charge in [0.15, 0.2) is 5.82 Å². The maximum atomic E-state index is 12.6. The number of rotatable bonds is 1. The van der Waals surface area contributed by atoms with E-state index in [9.17, 15) is 4.39 Å². The van der Waals surface area contributed by atoms with Crippen LogP contribution in [0.2, 0.25) is 0 Å². The number of halogens is 1. The molecule has 0 bridgehead atoms. The van der Waals surface area contributed by atoms with Crippen LogP contribution >= 0.6 is 0 Å². The highest BCUT2D eigenvalue weighted by Crippen LogP contribution is 2.11. The third-order valence-electron chi connectivity index (χ3n) is 1.26. The van der Waals surface area contributed by atoms with E-state index in [1.807, 2.05) is 34.6 Å². The van der Waals surface area contributed by atoms with Gasteiger partial charge in [0.1, 0.15) is 0 Å².